The van der Waals surface area contributed by atoms with Crippen molar-refractivity contribution in [1.29, 1.82) is 0 Å². The van der Waals surface area contributed by atoms with E-state index in [0.717, 1.165) is 50.6 Å². The van der Waals surface area contributed by atoms with Crippen LogP contribution in [0.4, 0.5) is 0 Å². The fourth-order valence-electron chi connectivity index (χ4n) is 4.24. The fraction of sp³-hybridized carbons (Fsp3) is 0.684. The Hall–Kier alpha value is -2.18. The first-order chi connectivity index (χ1) is 12.7. The molecule has 1 atom stereocenters. The molecule has 1 amide bonds. The Morgan fingerprint density at radius 3 is 2.65 bits per heavy atom. The molecule has 3 heterocycles. The summed E-state index contributed by atoms with van der Waals surface area (Å²) in [6.45, 7) is 0.802. The van der Waals surface area contributed by atoms with E-state index in [1.807, 2.05) is 18.1 Å². The molecule has 4 rings (SSSR count). The van der Waals surface area contributed by atoms with Crippen LogP contribution in [0.5, 0.6) is 0 Å². The standard InChI is InChI=1S/C19H27N5O2/c1-23-13-15(12-20-23)18-21-17(22-26-18)16-10-6-3-7-11-24(16)19(25)14-8-4-2-5-9-14/h12-14,16H,2-11H2,1H3. The first-order valence-electron chi connectivity index (χ1n) is 9.85. The second-order valence-electron chi connectivity index (χ2n) is 7.59. The van der Waals surface area contributed by atoms with Crippen molar-refractivity contribution in [1.82, 2.24) is 24.8 Å². The largest absolute Gasteiger partial charge is 0.334 e. The van der Waals surface area contributed by atoms with Gasteiger partial charge in [-0.1, -0.05) is 37.3 Å². The van der Waals surface area contributed by atoms with Crippen molar-refractivity contribution in [3.8, 4) is 11.5 Å². The molecule has 26 heavy (non-hydrogen) atoms. The zero-order chi connectivity index (χ0) is 17.9. The van der Waals surface area contributed by atoms with Gasteiger partial charge in [-0.05, 0) is 25.7 Å². The average Bonchev–Trinajstić information content (AvgIpc) is 3.25. The maximum atomic E-state index is 13.2. The van der Waals surface area contributed by atoms with E-state index in [2.05, 4.69) is 15.2 Å². The quantitative estimate of drug-likeness (QED) is 0.840. The monoisotopic (exact) mass is 357 g/mol. The van der Waals surface area contributed by atoms with Crippen molar-refractivity contribution in [3.63, 3.8) is 0 Å². The maximum Gasteiger partial charge on any atom is 0.261 e. The van der Waals surface area contributed by atoms with Crippen molar-refractivity contribution in [2.24, 2.45) is 13.0 Å². The highest BCUT2D eigenvalue weighted by Gasteiger charge is 2.34. The Balaban J connectivity index is 1.57. The summed E-state index contributed by atoms with van der Waals surface area (Å²) in [6, 6.07) is -0.0684. The first kappa shape index (κ1) is 17.2. The van der Waals surface area contributed by atoms with Gasteiger partial charge < -0.3 is 9.42 Å². The Morgan fingerprint density at radius 1 is 1.12 bits per heavy atom. The number of aryl methyl sites for hydroxylation is 1. The molecule has 2 aromatic rings. The molecule has 1 saturated heterocycles. The SMILES string of the molecule is Cn1cc(-c2nc(C3CCCCCN3C(=O)C3CCCCC3)no2)cn1. The molecule has 2 aromatic heterocycles. The molecule has 0 N–H and O–H groups in total. The summed E-state index contributed by atoms with van der Waals surface area (Å²) in [5, 5.41) is 8.39. The van der Waals surface area contributed by atoms with Crippen LogP contribution in [0.1, 0.15) is 69.7 Å². The lowest BCUT2D eigenvalue weighted by Crippen LogP contribution is -2.40. The third-order valence-corrected chi connectivity index (χ3v) is 5.68. The van der Waals surface area contributed by atoms with Gasteiger partial charge in [-0.2, -0.15) is 10.1 Å². The van der Waals surface area contributed by atoms with Gasteiger partial charge in [0.05, 0.1) is 17.8 Å². The minimum absolute atomic E-state index is 0.0684. The fourth-order valence-corrected chi connectivity index (χ4v) is 4.24. The van der Waals surface area contributed by atoms with Gasteiger partial charge in [-0.15, -0.1) is 0 Å². The molecule has 2 fully saturated rings. The van der Waals surface area contributed by atoms with Gasteiger partial charge >= 0.3 is 0 Å². The molecule has 1 aliphatic heterocycles. The van der Waals surface area contributed by atoms with Crippen LogP contribution in [-0.4, -0.2) is 37.3 Å². The Labute approximate surface area is 153 Å². The predicted octanol–water partition coefficient (Wildman–Crippen LogP) is 3.49. The van der Waals surface area contributed by atoms with Crippen molar-refractivity contribution < 1.29 is 9.32 Å². The van der Waals surface area contributed by atoms with Gasteiger partial charge in [-0.3, -0.25) is 9.48 Å². The summed E-state index contributed by atoms with van der Waals surface area (Å²) in [5.41, 5.74) is 0.810. The number of hydrogen-bond acceptors (Lipinski definition) is 5. The Bertz CT molecular complexity index is 747. The molecular weight excluding hydrogens is 330 g/mol. The van der Waals surface area contributed by atoms with E-state index in [1.54, 1.807) is 10.9 Å². The third-order valence-electron chi connectivity index (χ3n) is 5.68. The molecule has 7 heteroatoms. The first-order valence-corrected chi connectivity index (χ1v) is 9.85. The summed E-state index contributed by atoms with van der Waals surface area (Å²) in [6.07, 6.45) is 13.4. The lowest BCUT2D eigenvalue weighted by atomic mass is 9.88. The predicted molar refractivity (Wildman–Crippen MR) is 96.0 cm³/mol. The molecule has 0 aromatic carbocycles. The summed E-state index contributed by atoms with van der Waals surface area (Å²) in [5.74, 6) is 1.58. The third kappa shape index (κ3) is 3.52. The van der Waals surface area contributed by atoms with Crippen molar-refractivity contribution in [2.75, 3.05) is 6.54 Å². The summed E-state index contributed by atoms with van der Waals surface area (Å²) in [4.78, 5) is 19.9. The smallest absolute Gasteiger partial charge is 0.261 e. The van der Waals surface area contributed by atoms with E-state index >= 15 is 0 Å². The van der Waals surface area contributed by atoms with Crippen molar-refractivity contribution in [3.05, 3.63) is 18.2 Å². The second kappa shape index (κ2) is 7.60. The van der Waals surface area contributed by atoms with Gasteiger partial charge in [0.1, 0.15) is 0 Å². The molecule has 140 valence electrons. The van der Waals surface area contributed by atoms with Crippen LogP contribution in [0.25, 0.3) is 11.5 Å². The van der Waals surface area contributed by atoms with E-state index in [-0.39, 0.29) is 12.0 Å². The zero-order valence-corrected chi connectivity index (χ0v) is 15.4. The van der Waals surface area contributed by atoms with Crippen LogP contribution in [0, 0.1) is 5.92 Å². The lowest BCUT2D eigenvalue weighted by Gasteiger charge is -2.32. The molecule has 1 saturated carbocycles. The molecule has 1 aliphatic carbocycles. The number of carbonyl (C=O) groups excluding carboxylic acids is 1. The van der Waals surface area contributed by atoms with Gasteiger partial charge in [0.25, 0.3) is 5.89 Å². The Morgan fingerprint density at radius 2 is 1.88 bits per heavy atom. The molecule has 0 bridgehead atoms. The van der Waals surface area contributed by atoms with Crippen molar-refractivity contribution in [2.45, 2.75) is 63.8 Å². The van der Waals surface area contributed by atoms with E-state index in [9.17, 15) is 4.79 Å². The van der Waals surface area contributed by atoms with E-state index in [0.29, 0.717) is 17.6 Å². The number of nitrogens with zero attached hydrogens (tertiary/aromatic N) is 5. The minimum Gasteiger partial charge on any atom is -0.334 e. The Kier molecular flexibility index (Phi) is 5.04. The summed E-state index contributed by atoms with van der Waals surface area (Å²) >= 11 is 0. The number of hydrogen-bond donors (Lipinski definition) is 0. The van der Waals surface area contributed by atoms with Crippen LogP contribution in [-0.2, 0) is 11.8 Å². The van der Waals surface area contributed by atoms with Gasteiger partial charge in [0, 0.05) is 25.7 Å². The molecule has 7 nitrogen and oxygen atoms in total. The number of rotatable bonds is 3. The number of amides is 1. The second-order valence-corrected chi connectivity index (χ2v) is 7.59. The zero-order valence-electron chi connectivity index (χ0n) is 15.4. The lowest BCUT2D eigenvalue weighted by molar-refractivity contribution is -0.139. The maximum absolute atomic E-state index is 13.2. The van der Waals surface area contributed by atoms with Crippen LogP contribution < -0.4 is 0 Å². The highest BCUT2D eigenvalue weighted by molar-refractivity contribution is 5.79. The van der Waals surface area contributed by atoms with Gasteiger partial charge in [0.2, 0.25) is 5.91 Å². The highest BCUT2D eigenvalue weighted by atomic mass is 16.5. The van der Waals surface area contributed by atoms with Crippen LogP contribution in [0.3, 0.4) is 0 Å². The molecule has 1 unspecified atom stereocenters. The van der Waals surface area contributed by atoms with Crippen LogP contribution in [0.2, 0.25) is 0 Å². The molecule has 0 spiro atoms. The topological polar surface area (TPSA) is 77.0 Å². The highest BCUT2D eigenvalue weighted by Crippen LogP contribution is 2.34. The number of likely N-dealkylation sites (tertiary alicyclic amines) is 1. The molecule has 2 aliphatic rings. The van der Waals surface area contributed by atoms with E-state index < -0.39 is 0 Å². The van der Waals surface area contributed by atoms with Gasteiger partial charge in [0.15, 0.2) is 5.82 Å². The van der Waals surface area contributed by atoms with E-state index in [1.165, 1.54) is 19.3 Å². The normalized spacial score (nSPS) is 22.3. The summed E-state index contributed by atoms with van der Waals surface area (Å²) in [7, 11) is 1.86. The van der Waals surface area contributed by atoms with Crippen LogP contribution in [0.15, 0.2) is 16.9 Å². The number of carbonyl (C=O) groups is 1. The average molecular weight is 357 g/mol. The minimum atomic E-state index is -0.0684. The molecular formula is C19H27N5O2. The van der Waals surface area contributed by atoms with Crippen molar-refractivity contribution >= 4 is 5.91 Å². The van der Waals surface area contributed by atoms with Crippen LogP contribution >= 0.6 is 0 Å². The number of aromatic nitrogens is 4. The summed E-state index contributed by atoms with van der Waals surface area (Å²) < 4.78 is 7.19. The van der Waals surface area contributed by atoms with E-state index in [4.69, 9.17) is 4.52 Å². The molecule has 0 radical (unpaired) electrons. The van der Waals surface area contributed by atoms with Gasteiger partial charge in [-0.25, -0.2) is 0 Å².